The Kier molecular flexibility index (Phi) is 5.06. The van der Waals surface area contributed by atoms with Crippen LogP contribution in [-0.4, -0.2) is 34.2 Å². The SMILES string of the molecule is CCOCC1CN(Cc2cccc(C#N)c2)Cc2nccn2C1. The van der Waals surface area contributed by atoms with E-state index in [9.17, 15) is 0 Å². The predicted octanol–water partition coefficient (Wildman–Crippen LogP) is 2.42. The molecule has 1 unspecified atom stereocenters. The van der Waals surface area contributed by atoms with Crippen LogP contribution in [0.5, 0.6) is 0 Å². The maximum atomic E-state index is 9.06. The van der Waals surface area contributed by atoms with Crippen molar-refractivity contribution in [3.05, 3.63) is 53.6 Å². The highest BCUT2D eigenvalue weighted by Gasteiger charge is 2.22. The van der Waals surface area contributed by atoms with Gasteiger partial charge in [0.15, 0.2) is 0 Å². The average Bonchev–Trinajstić information content (AvgIpc) is 2.92. The summed E-state index contributed by atoms with van der Waals surface area (Å²) in [5.74, 6) is 1.55. The number of rotatable bonds is 5. The molecular formula is C18H22N4O. The van der Waals surface area contributed by atoms with Gasteiger partial charge in [0.2, 0.25) is 0 Å². The number of hydrogen-bond acceptors (Lipinski definition) is 4. The van der Waals surface area contributed by atoms with Crippen molar-refractivity contribution >= 4 is 0 Å². The first kappa shape index (κ1) is 15.7. The van der Waals surface area contributed by atoms with Crippen LogP contribution in [0.4, 0.5) is 0 Å². The van der Waals surface area contributed by atoms with Gasteiger partial charge in [-0.05, 0) is 24.6 Å². The number of nitrogens with zero attached hydrogens (tertiary/aromatic N) is 4. The number of imidazole rings is 1. The lowest BCUT2D eigenvalue weighted by molar-refractivity contribution is 0.0851. The molecule has 0 saturated carbocycles. The molecule has 0 spiro atoms. The molecule has 0 N–H and O–H groups in total. The highest BCUT2D eigenvalue weighted by Crippen LogP contribution is 2.18. The third-order valence-corrected chi connectivity index (χ3v) is 4.16. The fourth-order valence-corrected chi connectivity index (χ4v) is 3.13. The van der Waals surface area contributed by atoms with Crippen molar-refractivity contribution in [2.45, 2.75) is 26.6 Å². The van der Waals surface area contributed by atoms with E-state index < -0.39 is 0 Å². The van der Waals surface area contributed by atoms with Gasteiger partial charge in [0.1, 0.15) is 5.82 Å². The van der Waals surface area contributed by atoms with Crippen molar-refractivity contribution in [2.75, 3.05) is 19.8 Å². The summed E-state index contributed by atoms with van der Waals surface area (Å²) in [5.41, 5.74) is 1.88. The smallest absolute Gasteiger partial charge is 0.122 e. The summed E-state index contributed by atoms with van der Waals surface area (Å²) in [6, 6.07) is 10.0. The zero-order valence-corrected chi connectivity index (χ0v) is 13.5. The molecule has 120 valence electrons. The van der Waals surface area contributed by atoms with E-state index in [0.717, 1.165) is 45.2 Å². The van der Waals surface area contributed by atoms with Gasteiger partial charge in [-0.15, -0.1) is 0 Å². The van der Waals surface area contributed by atoms with E-state index in [1.165, 1.54) is 5.56 Å². The summed E-state index contributed by atoms with van der Waals surface area (Å²) < 4.78 is 7.88. The molecule has 0 bridgehead atoms. The predicted molar refractivity (Wildman–Crippen MR) is 87.5 cm³/mol. The van der Waals surface area contributed by atoms with Gasteiger partial charge in [0, 0.05) is 44.6 Å². The van der Waals surface area contributed by atoms with Gasteiger partial charge in [0.25, 0.3) is 0 Å². The van der Waals surface area contributed by atoms with Gasteiger partial charge in [-0.1, -0.05) is 12.1 Å². The molecular weight excluding hydrogens is 288 g/mol. The lowest BCUT2D eigenvalue weighted by Crippen LogP contribution is -2.30. The van der Waals surface area contributed by atoms with E-state index in [2.05, 4.69) is 26.6 Å². The molecule has 3 rings (SSSR count). The van der Waals surface area contributed by atoms with E-state index >= 15 is 0 Å². The number of aromatic nitrogens is 2. The fourth-order valence-electron chi connectivity index (χ4n) is 3.13. The monoisotopic (exact) mass is 310 g/mol. The minimum atomic E-state index is 0.449. The number of hydrogen-bond donors (Lipinski definition) is 0. The molecule has 5 nitrogen and oxygen atoms in total. The molecule has 0 fully saturated rings. The van der Waals surface area contributed by atoms with Gasteiger partial charge in [-0.2, -0.15) is 5.26 Å². The normalized spacial score (nSPS) is 18.2. The second-order valence-corrected chi connectivity index (χ2v) is 6.00. The molecule has 1 aliphatic heterocycles. The third-order valence-electron chi connectivity index (χ3n) is 4.16. The molecule has 0 radical (unpaired) electrons. The molecule has 0 aliphatic carbocycles. The fraction of sp³-hybridized carbons (Fsp3) is 0.444. The van der Waals surface area contributed by atoms with Gasteiger partial charge in [0.05, 0.1) is 24.8 Å². The van der Waals surface area contributed by atoms with Crippen LogP contribution in [0.15, 0.2) is 36.7 Å². The average molecular weight is 310 g/mol. The first-order valence-corrected chi connectivity index (χ1v) is 8.07. The number of fused-ring (bicyclic) bond motifs is 1. The molecule has 1 aliphatic rings. The molecule has 1 atom stereocenters. The van der Waals surface area contributed by atoms with Gasteiger partial charge in [-0.25, -0.2) is 4.98 Å². The lowest BCUT2D eigenvalue weighted by Gasteiger charge is -2.23. The number of nitriles is 1. The van der Waals surface area contributed by atoms with Crippen molar-refractivity contribution in [3.63, 3.8) is 0 Å². The molecule has 1 aromatic heterocycles. The zero-order valence-electron chi connectivity index (χ0n) is 13.5. The number of benzene rings is 1. The Bertz CT molecular complexity index is 688. The first-order valence-electron chi connectivity index (χ1n) is 8.07. The third kappa shape index (κ3) is 3.98. The maximum absolute atomic E-state index is 9.06. The minimum absolute atomic E-state index is 0.449. The van der Waals surface area contributed by atoms with E-state index in [0.29, 0.717) is 11.5 Å². The topological polar surface area (TPSA) is 54.1 Å². The van der Waals surface area contributed by atoms with Crippen LogP contribution < -0.4 is 0 Å². The number of ether oxygens (including phenoxy) is 1. The van der Waals surface area contributed by atoms with Crippen LogP contribution in [0.1, 0.15) is 23.9 Å². The zero-order chi connectivity index (χ0) is 16.1. The molecule has 5 heteroatoms. The Morgan fingerprint density at radius 3 is 3.13 bits per heavy atom. The summed E-state index contributed by atoms with van der Waals surface area (Å²) in [6.45, 7) is 7.12. The highest BCUT2D eigenvalue weighted by atomic mass is 16.5. The molecule has 1 aromatic carbocycles. The van der Waals surface area contributed by atoms with Crippen LogP contribution >= 0.6 is 0 Å². The van der Waals surface area contributed by atoms with Gasteiger partial charge < -0.3 is 9.30 Å². The molecule has 2 heterocycles. The van der Waals surface area contributed by atoms with Crippen LogP contribution in [-0.2, 0) is 24.4 Å². The molecule has 23 heavy (non-hydrogen) atoms. The standard InChI is InChI=1S/C18H22N4O/c1-2-23-14-17-11-21(13-18-20-6-7-22(18)12-17)10-16-5-3-4-15(8-16)9-19/h3-8,17H,2,10-14H2,1H3. The Morgan fingerprint density at radius 2 is 2.30 bits per heavy atom. The largest absolute Gasteiger partial charge is 0.381 e. The van der Waals surface area contributed by atoms with Crippen LogP contribution in [0, 0.1) is 17.2 Å². The summed E-state index contributed by atoms with van der Waals surface area (Å²) in [7, 11) is 0. The van der Waals surface area contributed by atoms with Crippen LogP contribution in [0.3, 0.4) is 0 Å². The van der Waals surface area contributed by atoms with E-state index in [1.54, 1.807) is 0 Å². The highest BCUT2D eigenvalue weighted by molar-refractivity contribution is 5.32. The second-order valence-electron chi connectivity index (χ2n) is 6.00. The quantitative estimate of drug-likeness (QED) is 0.851. The Hall–Kier alpha value is -2.16. The molecule has 0 saturated heterocycles. The van der Waals surface area contributed by atoms with Crippen LogP contribution in [0.25, 0.3) is 0 Å². The van der Waals surface area contributed by atoms with Crippen LogP contribution in [0.2, 0.25) is 0 Å². The Labute approximate surface area is 137 Å². The van der Waals surface area contributed by atoms with Crippen molar-refractivity contribution < 1.29 is 4.74 Å². The van der Waals surface area contributed by atoms with E-state index in [4.69, 9.17) is 10.00 Å². The van der Waals surface area contributed by atoms with E-state index in [1.807, 2.05) is 37.5 Å². The Balaban J connectivity index is 1.76. The summed E-state index contributed by atoms with van der Waals surface area (Å²) in [6.07, 6.45) is 3.92. The summed E-state index contributed by atoms with van der Waals surface area (Å²) in [4.78, 5) is 6.88. The van der Waals surface area contributed by atoms with Crippen molar-refractivity contribution in [2.24, 2.45) is 5.92 Å². The summed E-state index contributed by atoms with van der Waals surface area (Å²) >= 11 is 0. The second kappa shape index (κ2) is 7.40. The Morgan fingerprint density at radius 1 is 1.39 bits per heavy atom. The van der Waals surface area contributed by atoms with Gasteiger partial charge >= 0.3 is 0 Å². The summed E-state index contributed by atoms with van der Waals surface area (Å²) in [5, 5.41) is 9.06. The minimum Gasteiger partial charge on any atom is -0.381 e. The van der Waals surface area contributed by atoms with E-state index in [-0.39, 0.29) is 0 Å². The van der Waals surface area contributed by atoms with Crippen molar-refractivity contribution in [3.8, 4) is 6.07 Å². The van der Waals surface area contributed by atoms with Crippen molar-refractivity contribution in [1.82, 2.24) is 14.5 Å². The molecule has 0 amide bonds. The first-order chi connectivity index (χ1) is 11.3. The maximum Gasteiger partial charge on any atom is 0.122 e. The van der Waals surface area contributed by atoms with Gasteiger partial charge in [-0.3, -0.25) is 4.90 Å². The lowest BCUT2D eigenvalue weighted by atomic mass is 10.1. The van der Waals surface area contributed by atoms with Crippen molar-refractivity contribution in [1.29, 1.82) is 5.26 Å². The molecule has 2 aromatic rings.